The zero-order valence-corrected chi connectivity index (χ0v) is 20.1. The van der Waals surface area contributed by atoms with E-state index in [2.05, 4.69) is 5.32 Å². The summed E-state index contributed by atoms with van der Waals surface area (Å²) < 4.78 is 49.0. The van der Waals surface area contributed by atoms with Crippen LogP contribution in [0.4, 0.5) is 0 Å². The van der Waals surface area contributed by atoms with Crippen molar-refractivity contribution in [3.63, 3.8) is 0 Å². The molecule has 0 radical (unpaired) electrons. The summed E-state index contributed by atoms with van der Waals surface area (Å²) in [7, 11) is 2.13. The number of hydrogen-bond donors (Lipinski definition) is 1. The summed E-state index contributed by atoms with van der Waals surface area (Å²) in [6.07, 6.45) is 1.19. The normalized spacial score (nSPS) is 16.7. The number of rotatable bonds is 9. The van der Waals surface area contributed by atoms with Crippen LogP contribution in [0.5, 0.6) is 23.0 Å². The number of piperidine rings is 1. The van der Waals surface area contributed by atoms with Gasteiger partial charge in [0.25, 0.3) is 0 Å². The second-order valence-electron chi connectivity index (χ2n) is 7.63. The third kappa shape index (κ3) is 5.51. The third-order valence-corrected chi connectivity index (χ3v) is 7.54. The van der Waals surface area contributed by atoms with E-state index < -0.39 is 15.9 Å². The molecule has 2 aromatic carbocycles. The van der Waals surface area contributed by atoms with Crippen molar-refractivity contribution in [3.05, 3.63) is 42.0 Å². The molecule has 1 heterocycles. The van der Waals surface area contributed by atoms with Gasteiger partial charge in [-0.3, -0.25) is 4.79 Å². The molecule has 10 heteroatoms. The maximum absolute atomic E-state index is 13.3. The van der Waals surface area contributed by atoms with E-state index >= 15 is 0 Å². The Morgan fingerprint density at radius 1 is 0.970 bits per heavy atom. The second-order valence-corrected chi connectivity index (χ2v) is 9.53. The molecular weight excluding hydrogens is 448 g/mol. The largest absolute Gasteiger partial charge is 0.497 e. The first-order valence-electron chi connectivity index (χ1n) is 10.5. The van der Waals surface area contributed by atoms with Gasteiger partial charge in [-0.05, 0) is 42.7 Å². The van der Waals surface area contributed by atoms with Crippen LogP contribution < -0.4 is 24.3 Å². The standard InChI is InChI=1S/C23H30N2O7S/c1-29-18-8-10-20(31-3)22(13-18)33(27,28)25-11-5-6-17(15-25)23(26)24-14-16-7-9-19(30-2)21(12-16)32-4/h7-10,12-13,17H,5-6,11,14-15H2,1-4H3,(H,24,26). The van der Waals surface area contributed by atoms with Crippen molar-refractivity contribution in [2.45, 2.75) is 24.3 Å². The highest BCUT2D eigenvalue weighted by Gasteiger charge is 2.35. The van der Waals surface area contributed by atoms with Crippen LogP contribution in [-0.2, 0) is 21.4 Å². The fourth-order valence-electron chi connectivity index (χ4n) is 3.82. The average Bonchev–Trinajstić information content (AvgIpc) is 2.86. The van der Waals surface area contributed by atoms with Gasteiger partial charge in [0.1, 0.15) is 16.4 Å². The minimum Gasteiger partial charge on any atom is -0.497 e. The molecule has 1 amide bonds. The molecule has 0 aromatic heterocycles. The minimum absolute atomic E-state index is 0.0238. The molecule has 0 aliphatic carbocycles. The van der Waals surface area contributed by atoms with Crippen molar-refractivity contribution in [1.29, 1.82) is 0 Å². The lowest BCUT2D eigenvalue weighted by Gasteiger charge is -2.31. The molecule has 0 bridgehead atoms. The first-order chi connectivity index (χ1) is 15.8. The van der Waals surface area contributed by atoms with E-state index in [1.165, 1.54) is 24.6 Å². The number of carbonyl (C=O) groups excluding carboxylic acids is 1. The smallest absolute Gasteiger partial charge is 0.246 e. The molecule has 1 unspecified atom stereocenters. The Morgan fingerprint density at radius 3 is 2.33 bits per heavy atom. The molecule has 1 atom stereocenters. The first kappa shape index (κ1) is 24.7. The summed E-state index contributed by atoms with van der Waals surface area (Å²) >= 11 is 0. The topological polar surface area (TPSA) is 103 Å². The van der Waals surface area contributed by atoms with Crippen molar-refractivity contribution in [2.24, 2.45) is 5.92 Å². The van der Waals surface area contributed by atoms with Crippen molar-refractivity contribution in [3.8, 4) is 23.0 Å². The van der Waals surface area contributed by atoms with Crippen molar-refractivity contribution in [2.75, 3.05) is 41.5 Å². The molecule has 0 spiro atoms. The zero-order valence-electron chi connectivity index (χ0n) is 19.3. The third-order valence-electron chi connectivity index (χ3n) is 5.66. The van der Waals surface area contributed by atoms with E-state index in [9.17, 15) is 13.2 Å². The Balaban J connectivity index is 1.70. The van der Waals surface area contributed by atoms with Crippen LogP contribution in [0.25, 0.3) is 0 Å². The first-order valence-corrected chi connectivity index (χ1v) is 12.0. The number of amides is 1. The molecule has 1 aliphatic rings. The number of carbonyl (C=O) groups is 1. The summed E-state index contributed by atoms with van der Waals surface area (Å²) in [4.78, 5) is 12.9. The quantitative estimate of drug-likeness (QED) is 0.590. The Bertz CT molecular complexity index is 1090. The highest BCUT2D eigenvalue weighted by atomic mass is 32.2. The van der Waals surface area contributed by atoms with Gasteiger partial charge in [0, 0.05) is 25.7 Å². The molecular formula is C23H30N2O7S. The molecule has 1 fully saturated rings. The highest BCUT2D eigenvalue weighted by molar-refractivity contribution is 7.89. The summed E-state index contributed by atoms with van der Waals surface area (Å²) in [5.41, 5.74) is 0.849. The summed E-state index contributed by atoms with van der Waals surface area (Å²) in [6.45, 7) is 0.731. The maximum Gasteiger partial charge on any atom is 0.246 e. The molecule has 1 aliphatic heterocycles. The van der Waals surface area contributed by atoms with Gasteiger partial charge in [-0.15, -0.1) is 0 Å². The lowest BCUT2D eigenvalue weighted by Crippen LogP contribution is -2.45. The predicted octanol–water partition coefficient (Wildman–Crippen LogP) is 2.44. The van der Waals surface area contributed by atoms with E-state index in [1.807, 2.05) is 6.07 Å². The van der Waals surface area contributed by atoms with Gasteiger partial charge in [-0.25, -0.2) is 8.42 Å². The van der Waals surface area contributed by atoms with Gasteiger partial charge in [0.2, 0.25) is 15.9 Å². The Labute approximate surface area is 194 Å². The zero-order chi connectivity index (χ0) is 24.0. The van der Waals surface area contributed by atoms with Gasteiger partial charge in [-0.1, -0.05) is 6.07 Å². The van der Waals surface area contributed by atoms with Crippen molar-refractivity contribution in [1.82, 2.24) is 9.62 Å². The van der Waals surface area contributed by atoms with Gasteiger partial charge in [0.05, 0.1) is 34.4 Å². The van der Waals surface area contributed by atoms with Crippen LogP contribution in [0.3, 0.4) is 0 Å². The molecule has 33 heavy (non-hydrogen) atoms. The number of hydrogen-bond acceptors (Lipinski definition) is 7. The van der Waals surface area contributed by atoms with Crippen molar-refractivity contribution >= 4 is 15.9 Å². The number of methoxy groups -OCH3 is 4. The van der Waals surface area contributed by atoms with Crippen molar-refractivity contribution < 1.29 is 32.2 Å². The fourth-order valence-corrected chi connectivity index (χ4v) is 5.52. The summed E-state index contributed by atoms with van der Waals surface area (Å²) in [5.74, 6) is 1.18. The van der Waals surface area contributed by atoms with Crippen LogP contribution in [0.15, 0.2) is 41.3 Å². The molecule has 2 aromatic rings. The van der Waals surface area contributed by atoms with E-state index in [4.69, 9.17) is 18.9 Å². The molecule has 0 saturated carbocycles. The Hall–Kier alpha value is -2.98. The number of benzene rings is 2. The van der Waals surface area contributed by atoms with Crippen LogP contribution >= 0.6 is 0 Å². The van der Waals surface area contributed by atoms with Gasteiger partial charge >= 0.3 is 0 Å². The lowest BCUT2D eigenvalue weighted by molar-refractivity contribution is -0.126. The van der Waals surface area contributed by atoms with Crippen LogP contribution in [0, 0.1) is 5.92 Å². The number of nitrogens with one attached hydrogen (secondary N) is 1. The van der Waals surface area contributed by atoms with E-state index in [0.717, 1.165) is 5.56 Å². The van der Waals surface area contributed by atoms with Crippen LogP contribution in [0.1, 0.15) is 18.4 Å². The molecule has 1 saturated heterocycles. The Kier molecular flexibility index (Phi) is 8.04. The molecule has 9 nitrogen and oxygen atoms in total. The maximum atomic E-state index is 13.3. The number of nitrogens with zero attached hydrogens (tertiary/aromatic N) is 1. The Morgan fingerprint density at radius 2 is 1.67 bits per heavy atom. The van der Waals surface area contributed by atoms with Crippen LogP contribution in [0.2, 0.25) is 0 Å². The lowest BCUT2D eigenvalue weighted by atomic mass is 9.98. The van der Waals surface area contributed by atoms with E-state index in [1.54, 1.807) is 38.5 Å². The predicted molar refractivity (Wildman–Crippen MR) is 122 cm³/mol. The van der Waals surface area contributed by atoms with Crippen LogP contribution in [-0.4, -0.2) is 60.2 Å². The second kappa shape index (κ2) is 10.8. The van der Waals surface area contributed by atoms with Gasteiger partial charge in [0.15, 0.2) is 11.5 Å². The number of ether oxygens (including phenoxy) is 4. The van der Waals surface area contributed by atoms with Gasteiger partial charge < -0.3 is 24.3 Å². The fraction of sp³-hybridized carbons (Fsp3) is 0.435. The molecule has 180 valence electrons. The van der Waals surface area contributed by atoms with E-state index in [0.29, 0.717) is 43.2 Å². The highest BCUT2D eigenvalue weighted by Crippen LogP contribution is 2.33. The SMILES string of the molecule is COc1ccc(OC)c(S(=O)(=O)N2CCCC(C(=O)NCc3ccc(OC)c(OC)c3)C2)c1. The summed E-state index contributed by atoms with van der Waals surface area (Å²) in [5, 5.41) is 2.91. The van der Waals surface area contributed by atoms with E-state index in [-0.39, 0.29) is 23.1 Å². The summed E-state index contributed by atoms with van der Waals surface area (Å²) in [6, 6.07) is 10.0. The molecule has 3 rings (SSSR count). The molecule has 1 N–H and O–H groups in total. The van der Waals surface area contributed by atoms with Gasteiger partial charge in [-0.2, -0.15) is 4.31 Å². The minimum atomic E-state index is -3.87. The number of sulfonamides is 1. The average molecular weight is 479 g/mol. The monoisotopic (exact) mass is 478 g/mol.